The van der Waals surface area contributed by atoms with Gasteiger partial charge in [-0.1, -0.05) is 24.3 Å². The van der Waals surface area contributed by atoms with E-state index in [2.05, 4.69) is 16.4 Å². The molecule has 4 amide bonds. The van der Waals surface area contributed by atoms with E-state index in [0.717, 1.165) is 65.6 Å². The Morgan fingerprint density at radius 2 is 2.00 bits per heavy atom. The van der Waals surface area contributed by atoms with Crippen LogP contribution in [0.15, 0.2) is 42.2 Å². The van der Waals surface area contributed by atoms with Crippen LogP contribution in [0.4, 0.5) is 4.79 Å². The van der Waals surface area contributed by atoms with Crippen molar-refractivity contribution in [2.45, 2.75) is 57.0 Å². The Labute approximate surface area is 175 Å². The van der Waals surface area contributed by atoms with E-state index < -0.39 is 12.1 Å². The van der Waals surface area contributed by atoms with Crippen LogP contribution in [0.1, 0.15) is 44.1 Å². The molecule has 1 aromatic heterocycles. The number of amides is 4. The molecule has 7 nitrogen and oxygen atoms in total. The minimum absolute atomic E-state index is 0.151. The molecule has 1 aromatic carbocycles. The second kappa shape index (κ2) is 7.63. The number of allylic oxidation sites excluding steroid dienone is 2. The Balaban J connectivity index is 1.29. The van der Waals surface area contributed by atoms with Crippen LogP contribution >= 0.6 is 0 Å². The number of urea groups is 1. The minimum atomic E-state index is -0.646. The Kier molecular flexibility index (Phi) is 4.81. The number of carbonyl (C=O) groups excluding carboxylic acids is 3. The normalized spacial score (nSPS) is 21.7. The molecule has 2 N–H and O–H groups in total. The number of para-hydroxylation sites is 1. The number of aromatic amines is 1. The van der Waals surface area contributed by atoms with E-state index in [1.807, 2.05) is 35.4 Å². The Hall–Kier alpha value is -3.09. The van der Waals surface area contributed by atoms with Gasteiger partial charge in [-0.2, -0.15) is 0 Å². The highest BCUT2D eigenvalue weighted by Crippen LogP contribution is 2.34. The summed E-state index contributed by atoms with van der Waals surface area (Å²) in [6, 6.07) is 6.97. The SMILES string of the molecule is O=C1N[C@@H](Cc2c[nH]c3ccccc23)C(=O)N1CC(=O)N(C1=CCCCC1)C1CC1. The minimum Gasteiger partial charge on any atom is -0.361 e. The molecule has 1 saturated heterocycles. The summed E-state index contributed by atoms with van der Waals surface area (Å²) in [6.45, 7) is -0.192. The number of H-pyrrole nitrogens is 1. The first-order valence-corrected chi connectivity index (χ1v) is 10.8. The fourth-order valence-corrected chi connectivity index (χ4v) is 4.57. The fraction of sp³-hybridized carbons (Fsp3) is 0.435. The van der Waals surface area contributed by atoms with Gasteiger partial charge in [0.2, 0.25) is 5.91 Å². The van der Waals surface area contributed by atoms with Gasteiger partial charge >= 0.3 is 6.03 Å². The third kappa shape index (κ3) is 3.49. The van der Waals surface area contributed by atoms with E-state index in [1.165, 1.54) is 0 Å². The molecule has 2 fully saturated rings. The third-order valence-electron chi connectivity index (χ3n) is 6.26. The molecule has 2 aliphatic carbocycles. The predicted octanol–water partition coefficient (Wildman–Crippen LogP) is 3.08. The van der Waals surface area contributed by atoms with Crippen molar-refractivity contribution >= 4 is 28.7 Å². The van der Waals surface area contributed by atoms with Gasteiger partial charge in [0, 0.05) is 35.3 Å². The maximum atomic E-state index is 13.1. The van der Waals surface area contributed by atoms with Crippen LogP contribution in [0.2, 0.25) is 0 Å². The number of aromatic nitrogens is 1. The number of carbonyl (C=O) groups is 3. The molecule has 1 atom stereocenters. The summed E-state index contributed by atoms with van der Waals surface area (Å²) in [5.74, 6) is -0.478. The average molecular weight is 406 g/mol. The van der Waals surface area contributed by atoms with Crippen molar-refractivity contribution in [2.75, 3.05) is 6.54 Å². The van der Waals surface area contributed by atoms with E-state index in [9.17, 15) is 14.4 Å². The number of hydrogen-bond acceptors (Lipinski definition) is 3. The molecule has 3 aliphatic rings. The lowest BCUT2D eigenvalue weighted by molar-refractivity contribution is -0.136. The predicted molar refractivity (Wildman–Crippen MR) is 112 cm³/mol. The molecule has 156 valence electrons. The molecule has 5 rings (SSSR count). The zero-order valence-electron chi connectivity index (χ0n) is 16.9. The fourth-order valence-electron chi connectivity index (χ4n) is 4.57. The Morgan fingerprint density at radius 1 is 1.17 bits per heavy atom. The van der Waals surface area contributed by atoms with E-state index in [-0.39, 0.29) is 24.4 Å². The summed E-state index contributed by atoms with van der Waals surface area (Å²) in [5.41, 5.74) is 3.04. The van der Waals surface area contributed by atoms with Gasteiger partial charge in [0.05, 0.1) is 0 Å². The van der Waals surface area contributed by atoms with Gasteiger partial charge in [0.15, 0.2) is 0 Å². The number of hydrogen-bond donors (Lipinski definition) is 2. The summed E-state index contributed by atoms with van der Waals surface area (Å²) in [4.78, 5) is 44.7. The van der Waals surface area contributed by atoms with Crippen LogP contribution in [0.5, 0.6) is 0 Å². The van der Waals surface area contributed by atoms with Crippen LogP contribution in [-0.4, -0.2) is 51.3 Å². The molecule has 0 spiro atoms. The number of benzene rings is 1. The number of fused-ring (bicyclic) bond motifs is 1. The topological polar surface area (TPSA) is 85.5 Å². The van der Waals surface area contributed by atoms with Gasteiger partial charge in [0.25, 0.3) is 5.91 Å². The van der Waals surface area contributed by atoms with Crippen molar-refractivity contribution in [1.82, 2.24) is 20.1 Å². The lowest BCUT2D eigenvalue weighted by atomic mass is 10.0. The van der Waals surface area contributed by atoms with Crippen LogP contribution < -0.4 is 5.32 Å². The summed E-state index contributed by atoms with van der Waals surface area (Å²) in [6.07, 6.45) is 10.5. The molecule has 0 radical (unpaired) electrons. The molecule has 2 heterocycles. The standard InChI is InChI=1S/C23H26N4O3/c28-21(27(17-10-11-17)16-6-2-1-3-7-16)14-26-22(29)20(25-23(26)30)12-15-13-24-19-9-5-4-8-18(15)19/h4-6,8-9,13,17,20,24H,1-3,7,10-12,14H2,(H,25,30)/t20-/m0/s1. The lowest BCUT2D eigenvalue weighted by Crippen LogP contribution is -2.44. The number of imide groups is 1. The number of nitrogens with zero attached hydrogens (tertiary/aromatic N) is 2. The highest BCUT2D eigenvalue weighted by molar-refractivity contribution is 6.07. The van der Waals surface area contributed by atoms with Gasteiger partial charge in [-0.3, -0.25) is 14.5 Å². The van der Waals surface area contributed by atoms with Crippen molar-refractivity contribution in [3.8, 4) is 0 Å². The monoisotopic (exact) mass is 406 g/mol. The van der Waals surface area contributed by atoms with Gasteiger partial charge in [0.1, 0.15) is 12.6 Å². The Morgan fingerprint density at radius 3 is 2.77 bits per heavy atom. The molecule has 0 bridgehead atoms. The van der Waals surface area contributed by atoms with Crippen LogP contribution in [0, 0.1) is 0 Å². The van der Waals surface area contributed by atoms with Crippen molar-refractivity contribution in [3.63, 3.8) is 0 Å². The molecular weight excluding hydrogens is 380 g/mol. The molecular formula is C23H26N4O3. The van der Waals surface area contributed by atoms with Crippen molar-refractivity contribution in [3.05, 3.63) is 47.8 Å². The van der Waals surface area contributed by atoms with E-state index in [4.69, 9.17) is 0 Å². The summed E-state index contributed by atoms with van der Waals surface area (Å²) in [7, 11) is 0. The maximum absolute atomic E-state index is 13.1. The second-order valence-electron chi connectivity index (χ2n) is 8.43. The summed E-state index contributed by atoms with van der Waals surface area (Å²) >= 11 is 0. The van der Waals surface area contributed by atoms with Crippen molar-refractivity contribution in [1.29, 1.82) is 0 Å². The second-order valence-corrected chi connectivity index (χ2v) is 8.43. The first kappa shape index (κ1) is 18.9. The van der Waals surface area contributed by atoms with E-state index in [1.54, 1.807) is 0 Å². The highest BCUT2D eigenvalue weighted by Gasteiger charge is 2.42. The van der Waals surface area contributed by atoms with Crippen LogP contribution in [-0.2, 0) is 16.0 Å². The summed E-state index contributed by atoms with van der Waals surface area (Å²) < 4.78 is 0. The van der Waals surface area contributed by atoms with Crippen LogP contribution in [0.25, 0.3) is 10.9 Å². The third-order valence-corrected chi connectivity index (χ3v) is 6.26. The van der Waals surface area contributed by atoms with Gasteiger partial charge in [-0.05, 0) is 50.2 Å². The largest absolute Gasteiger partial charge is 0.361 e. The van der Waals surface area contributed by atoms with E-state index >= 15 is 0 Å². The molecule has 7 heteroatoms. The van der Waals surface area contributed by atoms with E-state index in [0.29, 0.717) is 6.42 Å². The summed E-state index contributed by atoms with van der Waals surface area (Å²) in [5, 5.41) is 3.80. The van der Waals surface area contributed by atoms with Gasteiger partial charge < -0.3 is 15.2 Å². The maximum Gasteiger partial charge on any atom is 0.325 e. The number of nitrogens with one attached hydrogen (secondary N) is 2. The molecule has 1 aliphatic heterocycles. The quantitative estimate of drug-likeness (QED) is 0.723. The molecule has 1 saturated carbocycles. The van der Waals surface area contributed by atoms with Crippen LogP contribution in [0.3, 0.4) is 0 Å². The molecule has 30 heavy (non-hydrogen) atoms. The molecule has 2 aromatic rings. The van der Waals surface area contributed by atoms with Crippen molar-refractivity contribution < 1.29 is 14.4 Å². The van der Waals surface area contributed by atoms with Gasteiger partial charge in [-0.25, -0.2) is 4.79 Å². The Bertz CT molecular complexity index is 1040. The average Bonchev–Trinajstić information content (AvgIpc) is 3.45. The lowest BCUT2D eigenvalue weighted by Gasteiger charge is -2.29. The first-order chi connectivity index (χ1) is 14.6. The smallest absolute Gasteiger partial charge is 0.325 e. The zero-order valence-corrected chi connectivity index (χ0v) is 16.9. The zero-order chi connectivity index (χ0) is 20.7. The first-order valence-electron chi connectivity index (χ1n) is 10.8. The molecule has 0 unspecified atom stereocenters. The van der Waals surface area contributed by atoms with Crippen molar-refractivity contribution in [2.24, 2.45) is 0 Å². The van der Waals surface area contributed by atoms with Gasteiger partial charge in [-0.15, -0.1) is 0 Å². The number of rotatable bonds is 6. The highest BCUT2D eigenvalue weighted by atomic mass is 16.2.